The van der Waals surface area contributed by atoms with Crippen LogP contribution in [-0.2, 0) is 6.42 Å². The van der Waals surface area contributed by atoms with E-state index in [0.717, 1.165) is 22.7 Å². The maximum absolute atomic E-state index is 5.95. The van der Waals surface area contributed by atoms with Gasteiger partial charge in [-0.05, 0) is 36.3 Å². The van der Waals surface area contributed by atoms with Crippen molar-refractivity contribution in [1.29, 1.82) is 0 Å². The molecule has 66 valence electrons. The van der Waals surface area contributed by atoms with Gasteiger partial charge in [-0.3, -0.25) is 4.98 Å². The van der Waals surface area contributed by atoms with E-state index in [1.54, 1.807) is 0 Å². The summed E-state index contributed by atoms with van der Waals surface area (Å²) in [7, 11) is 0. The Morgan fingerprint density at radius 3 is 3.15 bits per heavy atom. The van der Waals surface area contributed by atoms with Crippen molar-refractivity contribution in [3.8, 4) is 0 Å². The summed E-state index contributed by atoms with van der Waals surface area (Å²) in [5, 5.41) is 0.770. The molecule has 2 heteroatoms. The summed E-state index contributed by atoms with van der Waals surface area (Å²) in [5.74, 6) is 0. The molecule has 1 aromatic heterocycles. The molecule has 0 amide bonds. The van der Waals surface area contributed by atoms with Crippen molar-refractivity contribution in [2.45, 2.75) is 13.3 Å². The van der Waals surface area contributed by atoms with E-state index in [4.69, 9.17) is 11.6 Å². The number of hydrogen-bond acceptors (Lipinski definition) is 1. The minimum Gasteiger partial charge on any atom is -0.260 e. The number of aromatic nitrogens is 1. The van der Waals surface area contributed by atoms with E-state index >= 15 is 0 Å². The summed E-state index contributed by atoms with van der Waals surface area (Å²) in [4.78, 5) is 4.36. The number of rotatable bonds is 0. The van der Waals surface area contributed by atoms with Crippen LogP contribution in [0.2, 0.25) is 0 Å². The molecule has 0 aliphatic heterocycles. The predicted molar refractivity (Wildman–Crippen MR) is 55.6 cm³/mol. The molecule has 0 saturated heterocycles. The molecule has 1 heterocycles. The normalized spacial score (nSPS) is 14.8. The van der Waals surface area contributed by atoms with Crippen LogP contribution < -0.4 is 0 Å². The maximum Gasteiger partial charge on any atom is 0.0514 e. The van der Waals surface area contributed by atoms with Gasteiger partial charge in [0.25, 0.3) is 0 Å². The van der Waals surface area contributed by atoms with Gasteiger partial charge >= 0.3 is 0 Å². The van der Waals surface area contributed by atoms with E-state index in [0.29, 0.717) is 0 Å². The second kappa shape index (κ2) is 3.35. The highest BCUT2D eigenvalue weighted by molar-refractivity contribution is 6.33. The quantitative estimate of drug-likeness (QED) is 0.614. The largest absolute Gasteiger partial charge is 0.260 e. The van der Waals surface area contributed by atoms with Crippen LogP contribution in [0.1, 0.15) is 16.8 Å². The summed E-state index contributed by atoms with van der Waals surface area (Å²) in [6, 6.07) is 2.11. The molecule has 0 atom stereocenters. The number of aryl methyl sites for hydroxylation is 1. The zero-order valence-corrected chi connectivity index (χ0v) is 8.17. The van der Waals surface area contributed by atoms with Gasteiger partial charge in [0.05, 0.1) is 5.69 Å². The first-order valence-corrected chi connectivity index (χ1v) is 4.63. The van der Waals surface area contributed by atoms with Crippen molar-refractivity contribution in [1.82, 2.24) is 4.98 Å². The third kappa shape index (κ3) is 1.81. The topological polar surface area (TPSA) is 12.9 Å². The van der Waals surface area contributed by atoms with Gasteiger partial charge in [0, 0.05) is 17.6 Å². The van der Waals surface area contributed by atoms with Gasteiger partial charge in [-0.1, -0.05) is 17.7 Å². The van der Waals surface area contributed by atoms with Crippen LogP contribution in [0, 0.1) is 6.92 Å². The maximum atomic E-state index is 5.95. The molecular weight excluding hydrogens is 182 g/mol. The van der Waals surface area contributed by atoms with Crippen molar-refractivity contribution >= 4 is 17.7 Å². The fourth-order valence-corrected chi connectivity index (χ4v) is 1.60. The fourth-order valence-electron chi connectivity index (χ4n) is 1.40. The van der Waals surface area contributed by atoms with Gasteiger partial charge < -0.3 is 0 Å². The Kier molecular flexibility index (Phi) is 2.19. The molecule has 0 bridgehead atoms. The van der Waals surface area contributed by atoms with Gasteiger partial charge in [-0.15, -0.1) is 0 Å². The first kappa shape index (κ1) is 8.52. The predicted octanol–water partition coefficient (Wildman–Crippen LogP) is 3.08. The van der Waals surface area contributed by atoms with E-state index in [-0.39, 0.29) is 0 Å². The molecular formula is C11H10ClN. The molecule has 1 aliphatic rings. The molecule has 0 N–H and O–H groups in total. The number of nitrogens with zero attached hydrogens (tertiary/aromatic N) is 1. The summed E-state index contributed by atoms with van der Waals surface area (Å²) in [5.41, 5.74) is 3.40. The van der Waals surface area contributed by atoms with Gasteiger partial charge in [0.2, 0.25) is 0 Å². The van der Waals surface area contributed by atoms with Crippen LogP contribution in [0.25, 0.3) is 6.08 Å². The SMILES string of the molecule is Cc1cnc2c(c1)C=C(Cl)C=CC2. The summed E-state index contributed by atoms with van der Waals surface area (Å²) >= 11 is 5.95. The van der Waals surface area contributed by atoms with Gasteiger partial charge in [-0.25, -0.2) is 0 Å². The number of allylic oxidation sites excluding steroid dienone is 3. The third-order valence-corrected chi connectivity index (χ3v) is 2.26. The Bertz CT molecular complexity index is 391. The van der Waals surface area contributed by atoms with Crippen LogP contribution in [-0.4, -0.2) is 4.98 Å². The Morgan fingerprint density at radius 1 is 1.46 bits per heavy atom. The standard InChI is InChI=1S/C11H10ClN/c1-8-5-9-6-10(12)3-2-4-11(9)13-7-8/h2-3,5-7H,4H2,1H3. The summed E-state index contributed by atoms with van der Waals surface area (Å²) in [6.45, 7) is 2.04. The van der Waals surface area contributed by atoms with E-state index in [1.165, 1.54) is 5.56 Å². The fraction of sp³-hybridized carbons (Fsp3) is 0.182. The van der Waals surface area contributed by atoms with Crippen molar-refractivity contribution in [3.05, 3.63) is 46.3 Å². The molecule has 0 spiro atoms. The van der Waals surface area contributed by atoms with Gasteiger partial charge in [0.15, 0.2) is 0 Å². The minimum atomic E-state index is 0.770. The van der Waals surface area contributed by atoms with E-state index in [2.05, 4.69) is 11.1 Å². The van der Waals surface area contributed by atoms with E-state index in [9.17, 15) is 0 Å². The molecule has 1 aliphatic carbocycles. The van der Waals surface area contributed by atoms with Crippen molar-refractivity contribution in [2.75, 3.05) is 0 Å². The lowest BCUT2D eigenvalue weighted by Gasteiger charge is -2.01. The highest BCUT2D eigenvalue weighted by Gasteiger charge is 2.04. The number of fused-ring (bicyclic) bond motifs is 1. The highest BCUT2D eigenvalue weighted by atomic mass is 35.5. The lowest BCUT2D eigenvalue weighted by atomic mass is 10.1. The highest BCUT2D eigenvalue weighted by Crippen LogP contribution is 2.19. The van der Waals surface area contributed by atoms with Crippen molar-refractivity contribution in [3.63, 3.8) is 0 Å². The van der Waals surface area contributed by atoms with Gasteiger partial charge in [-0.2, -0.15) is 0 Å². The molecule has 13 heavy (non-hydrogen) atoms. The monoisotopic (exact) mass is 191 g/mol. The first-order valence-electron chi connectivity index (χ1n) is 4.25. The molecule has 2 rings (SSSR count). The van der Waals surface area contributed by atoms with Gasteiger partial charge in [0.1, 0.15) is 0 Å². The molecule has 1 aromatic rings. The van der Waals surface area contributed by atoms with E-state index < -0.39 is 0 Å². The second-order valence-electron chi connectivity index (χ2n) is 3.18. The van der Waals surface area contributed by atoms with Crippen LogP contribution >= 0.6 is 11.6 Å². The number of hydrogen-bond donors (Lipinski definition) is 0. The third-order valence-electron chi connectivity index (χ3n) is 2.02. The Balaban J connectivity index is 2.56. The van der Waals surface area contributed by atoms with Crippen LogP contribution in [0.15, 0.2) is 29.4 Å². The van der Waals surface area contributed by atoms with Crippen LogP contribution in [0.5, 0.6) is 0 Å². The zero-order valence-electron chi connectivity index (χ0n) is 7.42. The molecule has 1 nitrogen and oxygen atoms in total. The Hall–Kier alpha value is -1.08. The van der Waals surface area contributed by atoms with Crippen molar-refractivity contribution < 1.29 is 0 Å². The number of halogens is 1. The molecule has 0 radical (unpaired) electrons. The Labute approximate surface area is 82.8 Å². The lowest BCUT2D eigenvalue weighted by Crippen LogP contribution is -1.91. The molecule has 0 saturated carbocycles. The molecule has 0 aromatic carbocycles. The lowest BCUT2D eigenvalue weighted by molar-refractivity contribution is 1.09. The summed E-state index contributed by atoms with van der Waals surface area (Å²) in [6.07, 6.45) is 8.66. The van der Waals surface area contributed by atoms with Crippen LogP contribution in [0.3, 0.4) is 0 Å². The second-order valence-corrected chi connectivity index (χ2v) is 3.62. The average Bonchev–Trinajstić information content (AvgIpc) is 2.25. The average molecular weight is 192 g/mol. The van der Waals surface area contributed by atoms with Crippen LogP contribution in [0.4, 0.5) is 0 Å². The smallest absolute Gasteiger partial charge is 0.0514 e. The van der Waals surface area contributed by atoms with E-state index in [1.807, 2.05) is 31.3 Å². The zero-order chi connectivity index (χ0) is 9.26. The molecule has 0 unspecified atom stereocenters. The Morgan fingerprint density at radius 2 is 2.31 bits per heavy atom. The first-order chi connectivity index (χ1) is 6.25. The molecule has 0 fully saturated rings. The van der Waals surface area contributed by atoms with Crippen molar-refractivity contribution in [2.24, 2.45) is 0 Å². The number of pyridine rings is 1. The minimum absolute atomic E-state index is 0.770. The summed E-state index contributed by atoms with van der Waals surface area (Å²) < 4.78 is 0.